The maximum Gasteiger partial charge on any atom is 0.236 e. The summed E-state index contributed by atoms with van der Waals surface area (Å²) in [6.07, 6.45) is 0. The van der Waals surface area contributed by atoms with Crippen LogP contribution in [0.3, 0.4) is 0 Å². The average Bonchev–Trinajstić information content (AvgIpc) is 3.26. The number of hydrogen-bond donors (Lipinski definition) is 1. The van der Waals surface area contributed by atoms with E-state index in [1.54, 1.807) is 12.1 Å². The van der Waals surface area contributed by atoms with Crippen LogP contribution in [-0.4, -0.2) is 36.9 Å². The predicted molar refractivity (Wildman–Crippen MR) is 106 cm³/mol. The number of tetrazole rings is 1. The Labute approximate surface area is 169 Å². The summed E-state index contributed by atoms with van der Waals surface area (Å²) >= 11 is 6.00. The lowest BCUT2D eigenvalue weighted by atomic mass is 10.3. The first-order valence-electron chi connectivity index (χ1n) is 7.61. The Balaban J connectivity index is 1.42. The highest BCUT2D eigenvalue weighted by atomic mass is 79.9. The molecule has 0 spiro atoms. The molecule has 0 aliphatic heterocycles. The summed E-state index contributed by atoms with van der Waals surface area (Å²) in [5, 5.41) is 15.2. The second-order valence-corrected chi connectivity index (χ2v) is 8.21. The molecule has 0 unspecified atom stereocenters. The van der Waals surface area contributed by atoms with Crippen LogP contribution >= 0.6 is 39.0 Å². The van der Waals surface area contributed by atoms with Crippen molar-refractivity contribution in [1.82, 2.24) is 25.2 Å². The average molecular weight is 465 g/mol. The van der Waals surface area contributed by atoms with Crippen LogP contribution < -0.4 is 5.32 Å². The van der Waals surface area contributed by atoms with E-state index in [2.05, 4.69) is 41.8 Å². The van der Waals surface area contributed by atoms with Gasteiger partial charge in [-0.2, -0.15) is 4.68 Å². The number of rotatable bonds is 5. The Morgan fingerprint density at radius 1 is 1.26 bits per heavy atom. The van der Waals surface area contributed by atoms with Crippen LogP contribution in [0.15, 0.2) is 52.1 Å². The molecule has 1 amide bonds. The van der Waals surface area contributed by atoms with Gasteiger partial charge in [0.15, 0.2) is 5.13 Å². The van der Waals surface area contributed by atoms with Gasteiger partial charge in [-0.05, 0) is 52.9 Å². The van der Waals surface area contributed by atoms with E-state index >= 15 is 0 Å². The van der Waals surface area contributed by atoms with Gasteiger partial charge in [-0.3, -0.25) is 4.79 Å². The molecule has 11 heteroatoms. The first-order chi connectivity index (χ1) is 13.1. The molecule has 0 aliphatic rings. The van der Waals surface area contributed by atoms with Gasteiger partial charge in [0.1, 0.15) is 5.82 Å². The van der Waals surface area contributed by atoms with Gasteiger partial charge in [0, 0.05) is 4.47 Å². The third-order valence-electron chi connectivity index (χ3n) is 3.44. The molecule has 0 aliphatic carbocycles. The predicted octanol–water partition coefficient (Wildman–Crippen LogP) is 3.90. The second kappa shape index (κ2) is 7.71. The number of thioether (sulfide) groups is 1. The molecule has 0 atom stereocenters. The molecule has 4 aromatic rings. The lowest BCUT2D eigenvalue weighted by molar-refractivity contribution is -0.113. The maximum atomic E-state index is 13.1. The Morgan fingerprint density at radius 3 is 2.89 bits per heavy atom. The molecule has 1 N–H and O–H groups in total. The number of aromatic nitrogens is 5. The topological polar surface area (TPSA) is 85.6 Å². The lowest BCUT2D eigenvalue weighted by Crippen LogP contribution is -2.14. The summed E-state index contributed by atoms with van der Waals surface area (Å²) in [6.45, 7) is 0. The molecule has 0 saturated heterocycles. The van der Waals surface area contributed by atoms with Crippen LogP contribution in [0.1, 0.15) is 0 Å². The minimum Gasteiger partial charge on any atom is -0.301 e. The molecule has 136 valence electrons. The number of nitrogens with zero attached hydrogens (tertiary/aromatic N) is 5. The maximum absolute atomic E-state index is 13.1. The van der Waals surface area contributed by atoms with Gasteiger partial charge in [-0.1, -0.05) is 39.0 Å². The van der Waals surface area contributed by atoms with Crippen LogP contribution in [-0.2, 0) is 4.79 Å². The summed E-state index contributed by atoms with van der Waals surface area (Å²) < 4.78 is 16.5. The van der Waals surface area contributed by atoms with Crippen LogP contribution in [0.5, 0.6) is 0 Å². The van der Waals surface area contributed by atoms with Gasteiger partial charge < -0.3 is 5.32 Å². The Kier molecular flexibility index (Phi) is 5.14. The van der Waals surface area contributed by atoms with E-state index in [0.717, 1.165) is 14.7 Å². The molecule has 7 nitrogen and oxygen atoms in total. The summed E-state index contributed by atoms with van der Waals surface area (Å²) in [7, 11) is 0. The summed E-state index contributed by atoms with van der Waals surface area (Å²) in [6, 6.07) is 11.5. The van der Waals surface area contributed by atoms with Crippen LogP contribution in [0.25, 0.3) is 15.9 Å². The molecule has 2 heterocycles. The SMILES string of the molecule is O=C(CSc1nnnn1-c1ccc(F)cc1)Nc1nc2ccc(Br)cc2s1. The number of fused-ring (bicyclic) bond motifs is 1. The molecule has 0 bridgehead atoms. The molecule has 0 fully saturated rings. The van der Waals surface area contributed by atoms with Gasteiger partial charge in [0.2, 0.25) is 11.1 Å². The van der Waals surface area contributed by atoms with E-state index in [1.807, 2.05) is 18.2 Å². The number of carbonyl (C=O) groups excluding carboxylic acids is 1. The number of halogens is 2. The number of benzene rings is 2. The van der Waals surface area contributed by atoms with E-state index < -0.39 is 0 Å². The largest absolute Gasteiger partial charge is 0.301 e. The summed E-state index contributed by atoms with van der Waals surface area (Å²) in [5.41, 5.74) is 1.44. The first kappa shape index (κ1) is 18.0. The van der Waals surface area contributed by atoms with E-state index in [0.29, 0.717) is 16.0 Å². The zero-order valence-electron chi connectivity index (χ0n) is 13.5. The minimum atomic E-state index is -0.344. The van der Waals surface area contributed by atoms with Crippen molar-refractivity contribution in [3.63, 3.8) is 0 Å². The fourth-order valence-corrected chi connectivity index (χ4v) is 4.38. The van der Waals surface area contributed by atoms with Crippen LogP contribution in [0.4, 0.5) is 9.52 Å². The second-order valence-electron chi connectivity index (χ2n) is 5.32. The van der Waals surface area contributed by atoms with E-state index in [9.17, 15) is 9.18 Å². The van der Waals surface area contributed by atoms with E-state index in [4.69, 9.17) is 0 Å². The number of carbonyl (C=O) groups is 1. The first-order valence-corrected chi connectivity index (χ1v) is 10.2. The van der Waals surface area contributed by atoms with Crippen molar-refractivity contribution in [2.24, 2.45) is 0 Å². The zero-order chi connectivity index (χ0) is 18.8. The molecular formula is C16H10BrFN6OS2. The molecule has 0 saturated carbocycles. The van der Waals surface area contributed by atoms with Crippen molar-refractivity contribution >= 4 is 60.3 Å². The van der Waals surface area contributed by atoms with Crippen molar-refractivity contribution in [2.75, 3.05) is 11.1 Å². The van der Waals surface area contributed by atoms with Crippen LogP contribution in [0.2, 0.25) is 0 Å². The van der Waals surface area contributed by atoms with Crippen molar-refractivity contribution < 1.29 is 9.18 Å². The van der Waals surface area contributed by atoms with Gasteiger partial charge in [-0.25, -0.2) is 9.37 Å². The molecule has 2 aromatic carbocycles. The zero-order valence-corrected chi connectivity index (χ0v) is 16.7. The van der Waals surface area contributed by atoms with Gasteiger partial charge in [-0.15, -0.1) is 5.10 Å². The molecule has 4 rings (SSSR count). The standard InChI is InChI=1S/C16H10BrFN6OS2/c17-9-1-6-12-13(7-9)27-15(19-12)20-14(25)8-26-16-21-22-23-24(16)11-4-2-10(18)3-5-11/h1-7H,8H2,(H,19,20,25). The van der Waals surface area contributed by atoms with Crippen molar-refractivity contribution in [3.8, 4) is 5.69 Å². The molecule has 2 aromatic heterocycles. The number of hydrogen-bond acceptors (Lipinski definition) is 7. The smallest absolute Gasteiger partial charge is 0.236 e. The number of thiazole rings is 1. The third kappa shape index (κ3) is 4.15. The summed E-state index contributed by atoms with van der Waals surface area (Å²) in [4.78, 5) is 16.6. The fraction of sp³-hybridized carbons (Fsp3) is 0.0625. The van der Waals surface area contributed by atoms with Crippen LogP contribution in [0, 0.1) is 5.82 Å². The van der Waals surface area contributed by atoms with Crippen molar-refractivity contribution in [3.05, 3.63) is 52.8 Å². The van der Waals surface area contributed by atoms with Gasteiger partial charge >= 0.3 is 0 Å². The van der Waals surface area contributed by atoms with E-state index in [1.165, 1.54) is 39.9 Å². The third-order valence-corrected chi connectivity index (χ3v) is 5.79. The highest BCUT2D eigenvalue weighted by Crippen LogP contribution is 2.28. The van der Waals surface area contributed by atoms with Gasteiger partial charge in [0.05, 0.1) is 21.7 Å². The fourth-order valence-electron chi connectivity index (χ4n) is 2.25. The van der Waals surface area contributed by atoms with Crippen molar-refractivity contribution in [1.29, 1.82) is 0 Å². The summed E-state index contributed by atoms with van der Waals surface area (Å²) in [5.74, 6) is -0.448. The highest BCUT2D eigenvalue weighted by molar-refractivity contribution is 9.10. The van der Waals surface area contributed by atoms with Gasteiger partial charge in [0.25, 0.3) is 0 Å². The Bertz CT molecular complexity index is 1110. The number of amides is 1. The number of nitrogens with one attached hydrogen (secondary N) is 1. The normalized spacial score (nSPS) is 11.0. The monoisotopic (exact) mass is 464 g/mol. The van der Waals surface area contributed by atoms with E-state index in [-0.39, 0.29) is 17.5 Å². The molecular weight excluding hydrogens is 455 g/mol. The number of anilines is 1. The Hall–Kier alpha value is -2.37. The minimum absolute atomic E-state index is 0.112. The molecule has 0 radical (unpaired) electrons. The Morgan fingerprint density at radius 2 is 2.07 bits per heavy atom. The molecule has 27 heavy (non-hydrogen) atoms. The van der Waals surface area contributed by atoms with Crippen molar-refractivity contribution in [2.45, 2.75) is 5.16 Å². The quantitative estimate of drug-likeness (QED) is 0.450. The lowest BCUT2D eigenvalue weighted by Gasteiger charge is -2.04. The highest BCUT2D eigenvalue weighted by Gasteiger charge is 2.13.